The third-order valence-electron chi connectivity index (χ3n) is 4.15. The summed E-state index contributed by atoms with van der Waals surface area (Å²) in [5.74, 6) is -0.313. The van der Waals surface area contributed by atoms with E-state index in [9.17, 15) is 9.59 Å². The van der Waals surface area contributed by atoms with Crippen molar-refractivity contribution in [2.24, 2.45) is 0 Å². The Balaban J connectivity index is 1.56. The van der Waals surface area contributed by atoms with Crippen molar-refractivity contribution in [3.63, 3.8) is 0 Å². The van der Waals surface area contributed by atoms with Crippen LogP contribution >= 0.6 is 27.7 Å². The number of halogens is 1. The molecule has 0 fully saturated rings. The van der Waals surface area contributed by atoms with Crippen LogP contribution in [0, 0.1) is 13.8 Å². The summed E-state index contributed by atoms with van der Waals surface area (Å²) in [5.41, 5.74) is 3.66. The summed E-state index contributed by atoms with van der Waals surface area (Å²) in [6, 6.07) is 12.9. The lowest BCUT2D eigenvalue weighted by Gasteiger charge is -2.11. The van der Waals surface area contributed by atoms with E-state index in [0.717, 1.165) is 21.3 Å². The first-order chi connectivity index (χ1) is 13.4. The number of nitrogens with zero attached hydrogens (tertiary/aromatic N) is 2. The van der Waals surface area contributed by atoms with Crippen LogP contribution in [0.15, 0.2) is 64.5 Å². The zero-order chi connectivity index (χ0) is 20.1. The first-order valence-electron chi connectivity index (χ1n) is 8.53. The minimum atomic E-state index is -0.546. The number of hydrogen-bond donors (Lipinski definition) is 2. The number of urea groups is 1. The predicted molar refractivity (Wildman–Crippen MR) is 115 cm³/mol. The summed E-state index contributed by atoms with van der Waals surface area (Å²) in [6.45, 7) is 3.89. The molecule has 0 unspecified atom stereocenters. The monoisotopic (exact) mass is 458 g/mol. The van der Waals surface area contributed by atoms with Gasteiger partial charge in [0.1, 0.15) is 0 Å². The molecule has 1 aromatic heterocycles. The van der Waals surface area contributed by atoms with E-state index in [1.165, 1.54) is 11.8 Å². The van der Waals surface area contributed by atoms with Gasteiger partial charge in [-0.3, -0.25) is 14.7 Å². The Hall–Kier alpha value is -2.58. The lowest BCUT2D eigenvalue weighted by molar-refractivity contribution is -0.117. The Labute approximate surface area is 175 Å². The van der Waals surface area contributed by atoms with Crippen LogP contribution in [0.3, 0.4) is 0 Å². The highest BCUT2D eigenvalue weighted by Crippen LogP contribution is 2.22. The number of nitrogens with one attached hydrogen (secondary N) is 2. The fourth-order valence-corrected chi connectivity index (χ4v) is 3.57. The summed E-state index contributed by atoms with van der Waals surface area (Å²) in [7, 11) is 0. The first-order valence-corrected chi connectivity index (χ1v) is 10.3. The topological polar surface area (TPSA) is 76.0 Å². The molecule has 8 heteroatoms. The lowest BCUT2D eigenvalue weighted by atomic mass is 10.1. The van der Waals surface area contributed by atoms with Crippen molar-refractivity contribution in [3.05, 3.63) is 70.5 Å². The van der Waals surface area contributed by atoms with Gasteiger partial charge in [0, 0.05) is 28.2 Å². The molecule has 2 N–H and O–H groups in total. The van der Waals surface area contributed by atoms with Gasteiger partial charge in [-0.2, -0.15) is 0 Å². The fourth-order valence-electron chi connectivity index (χ4n) is 2.53. The molecule has 3 aromatic rings. The molecule has 144 valence electrons. The number of rotatable bonds is 5. The average molecular weight is 459 g/mol. The minimum Gasteiger partial charge on any atom is -0.307 e. The van der Waals surface area contributed by atoms with Crippen molar-refractivity contribution >= 4 is 45.3 Å². The van der Waals surface area contributed by atoms with Gasteiger partial charge in [0.25, 0.3) is 0 Å². The van der Waals surface area contributed by atoms with Crippen molar-refractivity contribution in [2.45, 2.75) is 19.0 Å². The molecule has 1 heterocycles. The maximum absolute atomic E-state index is 12.1. The number of carbonyl (C=O) groups is 2. The quantitative estimate of drug-likeness (QED) is 0.543. The Morgan fingerprint density at radius 2 is 1.89 bits per heavy atom. The fraction of sp³-hybridized carbons (Fsp3) is 0.150. The predicted octanol–water partition coefficient (Wildman–Crippen LogP) is 4.69. The lowest BCUT2D eigenvalue weighted by Crippen LogP contribution is -2.35. The van der Waals surface area contributed by atoms with E-state index in [0.29, 0.717) is 10.8 Å². The molecule has 0 aliphatic carbocycles. The van der Waals surface area contributed by atoms with Crippen LogP contribution in [0.5, 0.6) is 0 Å². The summed E-state index contributed by atoms with van der Waals surface area (Å²) in [5, 5.41) is 5.74. The molecule has 0 aliphatic heterocycles. The Morgan fingerprint density at radius 1 is 1.14 bits per heavy atom. The van der Waals surface area contributed by atoms with E-state index < -0.39 is 11.9 Å². The third kappa shape index (κ3) is 5.02. The van der Waals surface area contributed by atoms with Gasteiger partial charge in [0.05, 0.1) is 5.75 Å². The van der Waals surface area contributed by atoms with Gasteiger partial charge in [0.2, 0.25) is 5.91 Å². The van der Waals surface area contributed by atoms with Crippen molar-refractivity contribution in [1.82, 2.24) is 14.9 Å². The van der Waals surface area contributed by atoms with E-state index in [1.807, 2.05) is 61.0 Å². The van der Waals surface area contributed by atoms with E-state index in [2.05, 4.69) is 31.5 Å². The van der Waals surface area contributed by atoms with E-state index in [-0.39, 0.29) is 5.75 Å². The zero-order valence-electron chi connectivity index (χ0n) is 15.4. The summed E-state index contributed by atoms with van der Waals surface area (Å²) in [4.78, 5) is 28.5. The molecule has 2 aromatic carbocycles. The van der Waals surface area contributed by atoms with Crippen molar-refractivity contribution in [1.29, 1.82) is 0 Å². The van der Waals surface area contributed by atoms with Gasteiger partial charge in [-0.05, 0) is 55.3 Å². The molecule has 0 bridgehead atoms. The molecule has 0 aliphatic rings. The molecule has 6 nitrogen and oxygen atoms in total. The highest BCUT2D eigenvalue weighted by molar-refractivity contribution is 9.10. The summed E-state index contributed by atoms with van der Waals surface area (Å²) in [6.07, 6.45) is 3.51. The molecular weight excluding hydrogens is 440 g/mol. The minimum absolute atomic E-state index is 0.0771. The molecule has 0 saturated carbocycles. The van der Waals surface area contributed by atoms with E-state index in [4.69, 9.17) is 0 Å². The molecule has 3 amide bonds. The number of anilines is 1. The van der Waals surface area contributed by atoms with Gasteiger partial charge in [-0.15, -0.1) is 0 Å². The van der Waals surface area contributed by atoms with Crippen LogP contribution in [0.25, 0.3) is 5.69 Å². The van der Waals surface area contributed by atoms with Gasteiger partial charge >= 0.3 is 6.03 Å². The number of thioether (sulfide) groups is 1. The van der Waals surface area contributed by atoms with E-state index >= 15 is 0 Å². The third-order valence-corrected chi connectivity index (χ3v) is 5.65. The van der Waals surface area contributed by atoms with Gasteiger partial charge in [0.15, 0.2) is 5.16 Å². The van der Waals surface area contributed by atoms with Gasteiger partial charge < -0.3 is 5.32 Å². The van der Waals surface area contributed by atoms with Crippen LogP contribution in [0.1, 0.15) is 11.1 Å². The number of aromatic nitrogens is 2. The van der Waals surface area contributed by atoms with Crippen LogP contribution in [0.4, 0.5) is 10.5 Å². The van der Waals surface area contributed by atoms with Crippen LogP contribution in [-0.4, -0.2) is 27.2 Å². The Kier molecular flexibility index (Phi) is 6.53. The maximum atomic E-state index is 12.1. The second-order valence-corrected chi connectivity index (χ2v) is 7.95. The molecule has 0 saturated heterocycles. The zero-order valence-corrected chi connectivity index (χ0v) is 17.8. The largest absolute Gasteiger partial charge is 0.325 e. The average Bonchev–Trinajstić information content (AvgIpc) is 3.13. The molecular formula is C20H19BrN4O2S. The van der Waals surface area contributed by atoms with E-state index in [1.54, 1.807) is 12.3 Å². The Bertz CT molecular complexity index is 1000. The summed E-state index contributed by atoms with van der Waals surface area (Å²) >= 11 is 4.67. The van der Waals surface area contributed by atoms with Crippen LogP contribution in [0.2, 0.25) is 0 Å². The first kappa shape index (κ1) is 20.2. The van der Waals surface area contributed by atoms with Crippen molar-refractivity contribution < 1.29 is 9.59 Å². The number of aryl methyl sites for hydroxylation is 1. The molecule has 0 radical (unpaired) electrons. The SMILES string of the molecule is Cc1cccc(NC(=O)NC(=O)CSc2nccn2-c2ccc(Br)cc2)c1C. The van der Waals surface area contributed by atoms with Gasteiger partial charge in [-0.25, -0.2) is 9.78 Å². The number of benzene rings is 2. The normalized spacial score (nSPS) is 10.5. The Morgan fingerprint density at radius 3 is 2.64 bits per heavy atom. The van der Waals surface area contributed by atoms with Crippen molar-refractivity contribution in [2.75, 3.05) is 11.1 Å². The number of amides is 3. The standard InChI is InChI=1S/C20H19BrN4O2S/c1-13-4-3-5-17(14(13)2)23-19(27)24-18(26)12-28-20-22-10-11-25(20)16-8-6-15(21)7-9-16/h3-11H,12H2,1-2H3,(H2,23,24,26,27). The molecule has 28 heavy (non-hydrogen) atoms. The van der Waals surface area contributed by atoms with Crippen molar-refractivity contribution in [3.8, 4) is 5.69 Å². The smallest absolute Gasteiger partial charge is 0.307 e. The molecule has 0 spiro atoms. The number of imide groups is 1. The summed E-state index contributed by atoms with van der Waals surface area (Å²) < 4.78 is 2.88. The second-order valence-electron chi connectivity index (χ2n) is 6.09. The molecule has 3 rings (SSSR count). The second kappa shape index (κ2) is 9.07. The maximum Gasteiger partial charge on any atom is 0.325 e. The molecule has 0 atom stereocenters. The van der Waals surface area contributed by atoms with Gasteiger partial charge in [-0.1, -0.05) is 39.8 Å². The highest BCUT2D eigenvalue weighted by Gasteiger charge is 2.13. The van der Waals surface area contributed by atoms with Crippen LogP contribution in [-0.2, 0) is 4.79 Å². The highest BCUT2D eigenvalue weighted by atomic mass is 79.9. The number of imidazole rings is 1. The van der Waals surface area contributed by atoms with Crippen LogP contribution < -0.4 is 10.6 Å². The number of hydrogen-bond acceptors (Lipinski definition) is 4. The number of carbonyl (C=O) groups excluding carboxylic acids is 2.